The Balaban J connectivity index is 2.54. The van der Waals surface area contributed by atoms with Crippen molar-refractivity contribution in [3.8, 4) is 0 Å². The van der Waals surface area contributed by atoms with E-state index in [-0.39, 0.29) is 5.91 Å². The first-order valence-corrected chi connectivity index (χ1v) is 5.89. The monoisotopic (exact) mass is 238 g/mol. The van der Waals surface area contributed by atoms with Crippen molar-refractivity contribution >= 4 is 11.6 Å². The maximum Gasteiger partial charge on any atom is 0.223 e. The van der Waals surface area contributed by atoms with Gasteiger partial charge in [-0.2, -0.15) is 5.10 Å². The molecule has 96 valence electrons. The normalized spacial score (nSPS) is 10.7. The minimum atomic E-state index is 0.132. The summed E-state index contributed by atoms with van der Waals surface area (Å²) in [5.74, 6) is 0.510. The second kappa shape index (κ2) is 5.70. The molecule has 1 aromatic rings. The molecule has 1 heterocycles. The van der Waals surface area contributed by atoms with Gasteiger partial charge in [0.25, 0.3) is 0 Å². The molecule has 0 fully saturated rings. The highest BCUT2D eigenvalue weighted by Gasteiger charge is 2.11. The molecule has 0 radical (unpaired) electrons. The molecule has 1 aromatic heterocycles. The zero-order chi connectivity index (χ0) is 13.0. The molecule has 0 aliphatic rings. The van der Waals surface area contributed by atoms with Gasteiger partial charge in [0.1, 0.15) is 0 Å². The lowest BCUT2D eigenvalue weighted by Crippen LogP contribution is -2.24. The second-order valence-corrected chi connectivity index (χ2v) is 4.72. The first kappa shape index (κ1) is 13.5. The lowest BCUT2D eigenvalue weighted by atomic mass is 10.1. The first-order valence-electron chi connectivity index (χ1n) is 5.89. The van der Waals surface area contributed by atoms with Crippen molar-refractivity contribution in [2.45, 2.75) is 26.2 Å². The average Bonchev–Trinajstić information content (AvgIpc) is 2.59. The zero-order valence-electron chi connectivity index (χ0n) is 11.3. The van der Waals surface area contributed by atoms with Crippen LogP contribution in [0.3, 0.4) is 0 Å². The van der Waals surface area contributed by atoms with Gasteiger partial charge >= 0.3 is 0 Å². The third kappa shape index (κ3) is 3.76. The van der Waals surface area contributed by atoms with E-state index < -0.39 is 0 Å². The SMILES string of the molecule is CC(C)c1nn(C)cc1NCCC(=O)N(C)C. The van der Waals surface area contributed by atoms with Crippen LogP contribution in [0.25, 0.3) is 0 Å². The quantitative estimate of drug-likeness (QED) is 0.844. The Kier molecular flexibility index (Phi) is 4.54. The van der Waals surface area contributed by atoms with Crippen molar-refractivity contribution in [2.75, 3.05) is 26.0 Å². The van der Waals surface area contributed by atoms with Crippen LogP contribution in [0.2, 0.25) is 0 Å². The third-order valence-electron chi connectivity index (χ3n) is 2.56. The number of amides is 1. The van der Waals surface area contributed by atoms with E-state index in [1.54, 1.807) is 23.7 Å². The van der Waals surface area contributed by atoms with Gasteiger partial charge in [0.2, 0.25) is 5.91 Å². The smallest absolute Gasteiger partial charge is 0.223 e. The van der Waals surface area contributed by atoms with Crippen LogP contribution < -0.4 is 5.32 Å². The van der Waals surface area contributed by atoms with Crippen molar-refractivity contribution in [1.29, 1.82) is 0 Å². The number of hydrogen-bond acceptors (Lipinski definition) is 3. The zero-order valence-corrected chi connectivity index (χ0v) is 11.3. The van der Waals surface area contributed by atoms with Crippen LogP contribution in [0.15, 0.2) is 6.20 Å². The maximum atomic E-state index is 11.4. The summed E-state index contributed by atoms with van der Waals surface area (Å²) < 4.78 is 1.80. The van der Waals surface area contributed by atoms with Crippen LogP contribution in [-0.2, 0) is 11.8 Å². The summed E-state index contributed by atoms with van der Waals surface area (Å²) >= 11 is 0. The minimum absolute atomic E-state index is 0.132. The van der Waals surface area contributed by atoms with Gasteiger partial charge in [0, 0.05) is 40.3 Å². The van der Waals surface area contributed by atoms with Gasteiger partial charge in [-0.1, -0.05) is 13.8 Å². The number of aryl methyl sites for hydroxylation is 1. The molecule has 0 spiro atoms. The minimum Gasteiger partial charge on any atom is -0.382 e. The van der Waals surface area contributed by atoms with Gasteiger partial charge in [-0.25, -0.2) is 0 Å². The topological polar surface area (TPSA) is 50.2 Å². The van der Waals surface area contributed by atoms with E-state index in [0.717, 1.165) is 11.4 Å². The van der Waals surface area contributed by atoms with Crippen LogP contribution in [0, 0.1) is 0 Å². The summed E-state index contributed by atoms with van der Waals surface area (Å²) in [5, 5.41) is 7.67. The summed E-state index contributed by atoms with van der Waals surface area (Å²) in [7, 11) is 5.44. The summed E-state index contributed by atoms with van der Waals surface area (Å²) in [4.78, 5) is 13.0. The third-order valence-corrected chi connectivity index (χ3v) is 2.56. The Morgan fingerprint density at radius 2 is 2.18 bits per heavy atom. The molecule has 0 saturated carbocycles. The number of aromatic nitrogens is 2. The lowest BCUT2D eigenvalue weighted by Gasteiger charge is -2.11. The molecule has 0 bridgehead atoms. The molecule has 5 heteroatoms. The highest BCUT2D eigenvalue weighted by Crippen LogP contribution is 2.21. The first-order chi connectivity index (χ1) is 7.91. The Labute approximate surface area is 103 Å². The van der Waals surface area contributed by atoms with Gasteiger partial charge < -0.3 is 10.2 Å². The van der Waals surface area contributed by atoms with E-state index in [1.807, 2.05) is 13.2 Å². The van der Waals surface area contributed by atoms with Crippen LogP contribution >= 0.6 is 0 Å². The Bertz CT molecular complexity index is 382. The summed E-state index contributed by atoms with van der Waals surface area (Å²) in [6.07, 6.45) is 2.45. The molecule has 1 amide bonds. The van der Waals surface area contributed by atoms with Crippen LogP contribution in [-0.4, -0.2) is 41.2 Å². The van der Waals surface area contributed by atoms with Crippen molar-refractivity contribution in [3.05, 3.63) is 11.9 Å². The molecule has 0 unspecified atom stereocenters. The molecule has 17 heavy (non-hydrogen) atoms. The molecule has 0 aromatic carbocycles. The lowest BCUT2D eigenvalue weighted by molar-refractivity contribution is -0.128. The Morgan fingerprint density at radius 3 is 2.71 bits per heavy atom. The standard InChI is InChI=1S/C12H22N4O/c1-9(2)12-10(8-16(5)14-12)13-7-6-11(17)15(3)4/h8-9,13H,6-7H2,1-5H3. The molecule has 1 rings (SSSR count). The number of anilines is 1. The molecular weight excluding hydrogens is 216 g/mol. The predicted octanol–water partition coefficient (Wildman–Crippen LogP) is 1.43. The molecule has 0 aliphatic carbocycles. The van der Waals surface area contributed by atoms with Crippen LogP contribution in [0.1, 0.15) is 31.9 Å². The molecule has 1 N–H and O–H groups in total. The van der Waals surface area contributed by atoms with Crippen molar-refractivity contribution < 1.29 is 4.79 Å². The van der Waals surface area contributed by atoms with Gasteiger partial charge in [-0.3, -0.25) is 9.48 Å². The van der Waals surface area contributed by atoms with Gasteiger partial charge in [0.05, 0.1) is 11.4 Å². The number of carbonyl (C=O) groups is 1. The molecular formula is C12H22N4O. The summed E-state index contributed by atoms with van der Waals surface area (Å²) in [6.45, 7) is 4.86. The Morgan fingerprint density at radius 1 is 1.53 bits per heavy atom. The Hall–Kier alpha value is -1.52. The number of rotatable bonds is 5. The summed E-state index contributed by atoms with van der Waals surface area (Å²) in [6, 6.07) is 0. The predicted molar refractivity (Wildman–Crippen MR) is 69.1 cm³/mol. The van der Waals surface area contributed by atoms with Crippen LogP contribution in [0.4, 0.5) is 5.69 Å². The highest BCUT2D eigenvalue weighted by molar-refractivity contribution is 5.76. The number of nitrogens with one attached hydrogen (secondary N) is 1. The summed E-state index contributed by atoms with van der Waals surface area (Å²) in [5.41, 5.74) is 2.07. The fraction of sp³-hybridized carbons (Fsp3) is 0.667. The van der Waals surface area contributed by atoms with Crippen molar-refractivity contribution in [2.24, 2.45) is 7.05 Å². The number of carbonyl (C=O) groups excluding carboxylic acids is 1. The van der Waals surface area contributed by atoms with Crippen molar-refractivity contribution in [1.82, 2.24) is 14.7 Å². The highest BCUT2D eigenvalue weighted by atomic mass is 16.2. The number of nitrogens with zero attached hydrogens (tertiary/aromatic N) is 3. The fourth-order valence-corrected chi connectivity index (χ4v) is 1.60. The van der Waals surface area contributed by atoms with E-state index in [1.165, 1.54) is 0 Å². The van der Waals surface area contributed by atoms with Crippen molar-refractivity contribution in [3.63, 3.8) is 0 Å². The average molecular weight is 238 g/mol. The van der Waals surface area contributed by atoms with Gasteiger partial charge in [-0.05, 0) is 5.92 Å². The molecule has 0 atom stereocenters. The van der Waals surface area contributed by atoms with E-state index in [4.69, 9.17) is 0 Å². The second-order valence-electron chi connectivity index (χ2n) is 4.72. The van der Waals surface area contributed by atoms with Crippen LogP contribution in [0.5, 0.6) is 0 Å². The molecule has 0 aliphatic heterocycles. The maximum absolute atomic E-state index is 11.4. The molecule has 0 saturated heterocycles. The fourth-order valence-electron chi connectivity index (χ4n) is 1.60. The van der Waals surface area contributed by atoms with E-state index in [2.05, 4.69) is 24.3 Å². The molecule has 5 nitrogen and oxygen atoms in total. The largest absolute Gasteiger partial charge is 0.382 e. The van der Waals surface area contributed by atoms with Gasteiger partial charge in [0.15, 0.2) is 0 Å². The van der Waals surface area contributed by atoms with E-state index >= 15 is 0 Å². The van der Waals surface area contributed by atoms with Gasteiger partial charge in [-0.15, -0.1) is 0 Å². The number of hydrogen-bond donors (Lipinski definition) is 1. The van der Waals surface area contributed by atoms with E-state index in [9.17, 15) is 4.79 Å². The van der Waals surface area contributed by atoms with E-state index in [0.29, 0.717) is 18.9 Å².